The van der Waals surface area contributed by atoms with E-state index in [9.17, 15) is 14.4 Å². The van der Waals surface area contributed by atoms with Gasteiger partial charge in [-0.3, -0.25) is 14.4 Å². The van der Waals surface area contributed by atoms with Gasteiger partial charge < -0.3 is 15.3 Å². The standard InChI is InChI=1S/C11H16N2O4/c1-6(14)13-5-10(15)12-8-4-7(11(16)17)2-3-9(8)13/h7-9H,2-5H2,1H3,(H,12,15)(H,16,17). The largest absolute Gasteiger partial charge is 0.481 e. The lowest BCUT2D eigenvalue weighted by atomic mass is 9.80. The first kappa shape index (κ1) is 11.9. The molecule has 1 saturated heterocycles. The highest BCUT2D eigenvalue weighted by atomic mass is 16.4. The third kappa shape index (κ3) is 2.25. The number of rotatable bonds is 1. The lowest BCUT2D eigenvalue weighted by Gasteiger charge is -2.44. The summed E-state index contributed by atoms with van der Waals surface area (Å²) in [7, 11) is 0. The first-order chi connectivity index (χ1) is 7.99. The second-order valence-corrected chi connectivity index (χ2v) is 4.74. The molecule has 0 aromatic carbocycles. The van der Waals surface area contributed by atoms with Crippen LogP contribution in [0.2, 0.25) is 0 Å². The molecule has 0 radical (unpaired) electrons. The summed E-state index contributed by atoms with van der Waals surface area (Å²) in [5.74, 6) is -1.56. The molecule has 2 fully saturated rings. The molecule has 2 N–H and O–H groups in total. The lowest BCUT2D eigenvalue weighted by Crippen LogP contribution is -2.63. The minimum Gasteiger partial charge on any atom is -0.481 e. The van der Waals surface area contributed by atoms with Gasteiger partial charge in [0.1, 0.15) is 0 Å². The number of carbonyl (C=O) groups excluding carboxylic acids is 2. The first-order valence-corrected chi connectivity index (χ1v) is 5.78. The predicted octanol–water partition coefficient (Wildman–Crippen LogP) is -0.413. The number of piperazine rings is 1. The van der Waals surface area contributed by atoms with Crippen molar-refractivity contribution in [2.75, 3.05) is 6.54 Å². The van der Waals surface area contributed by atoms with E-state index in [0.29, 0.717) is 19.3 Å². The molecule has 1 heterocycles. The third-order valence-electron chi connectivity index (χ3n) is 3.63. The van der Waals surface area contributed by atoms with Gasteiger partial charge in [0.15, 0.2) is 0 Å². The zero-order chi connectivity index (χ0) is 12.6. The van der Waals surface area contributed by atoms with Crippen molar-refractivity contribution in [2.24, 2.45) is 5.92 Å². The molecule has 3 unspecified atom stereocenters. The quantitative estimate of drug-likeness (QED) is 0.652. The fourth-order valence-corrected chi connectivity index (χ4v) is 2.78. The average molecular weight is 240 g/mol. The Labute approximate surface area is 99.0 Å². The van der Waals surface area contributed by atoms with Crippen LogP contribution in [0.15, 0.2) is 0 Å². The van der Waals surface area contributed by atoms with Gasteiger partial charge in [-0.25, -0.2) is 0 Å². The van der Waals surface area contributed by atoms with Gasteiger partial charge in [0, 0.05) is 6.92 Å². The number of carboxylic acids is 1. The van der Waals surface area contributed by atoms with Gasteiger partial charge >= 0.3 is 5.97 Å². The van der Waals surface area contributed by atoms with E-state index in [1.165, 1.54) is 6.92 Å². The van der Waals surface area contributed by atoms with Crippen molar-refractivity contribution < 1.29 is 19.5 Å². The van der Waals surface area contributed by atoms with Crippen molar-refractivity contribution in [3.63, 3.8) is 0 Å². The zero-order valence-corrected chi connectivity index (χ0v) is 9.68. The van der Waals surface area contributed by atoms with Crippen LogP contribution in [0.1, 0.15) is 26.2 Å². The van der Waals surface area contributed by atoms with Gasteiger partial charge in [-0.2, -0.15) is 0 Å². The van der Waals surface area contributed by atoms with Crippen molar-refractivity contribution in [2.45, 2.75) is 38.3 Å². The van der Waals surface area contributed by atoms with Crippen LogP contribution in [0.5, 0.6) is 0 Å². The summed E-state index contributed by atoms with van der Waals surface area (Å²) in [6.45, 7) is 1.53. The van der Waals surface area contributed by atoms with Crippen LogP contribution >= 0.6 is 0 Å². The highest BCUT2D eigenvalue weighted by Crippen LogP contribution is 2.30. The topological polar surface area (TPSA) is 86.7 Å². The number of aliphatic carboxylic acids is 1. The van der Waals surface area contributed by atoms with Crippen molar-refractivity contribution in [1.82, 2.24) is 10.2 Å². The number of hydrogen-bond acceptors (Lipinski definition) is 3. The number of carboxylic acid groups (broad SMARTS) is 1. The molecule has 6 heteroatoms. The van der Waals surface area contributed by atoms with Crippen LogP contribution in [0, 0.1) is 5.92 Å². The summed E-state index contributed by atoms with van der Waals surface area (Å²) < 4.78 is 0. The molecule has 2 amide bonds. The van der Waals surface area contributed by atoms with E-state index in [1.807, 2.05) is 0 Å². The minimum atomic E-state index is -0.822. The minimum absolute atomic E-state index is 0.0409. The average Bonchev–Trinajstić information content (AvgIpc) is 2.26. The van der Waals surface area contributed by atoms with E-state index < -0.39 is 11.9 Å². The van der Waals surface area contributed by atoms with Gasteiger partial charge in [0.25, 0.3) is 0 Å². The maximum absolute atomic E-state index is 11.5. The van der Waals surface area contributed by atoms with E-state index in [0.717, 1.165) is 0 Å². The Balaban J connectivity index is 2.13. The maximum Gasteiger partial charge on any atom is 0.306 e. The molecular formula is C11H16N2O4. The highest BCUT2D eigenvalue weighted by molar-refractivity contribution is 5.86. The van der Waals surface area contributed by atoms with Gasteiger partial charge in [-0.05, 0) is 19.3 Å². The second-order valence-electron chi connectivity index (χ2n) is 4.74. The van der Waals surface area contributed by atoms with Gasteiger partial charge in [-0.15, -0.1) is 0 Å². The summed E-state index contributed by atoms with van der Waals surface area (Å²) in [6.07, 6.45) is 1.62. The van der Waals surface area contributed by atoms with Crippen LogP contribution < -0.4 is 5.32 Å². The predicted molar refractivity (Wildman–Crippen MR) is 58.1 cm³/mol. The summed E-state index contributed by atoms with van der Waals surface area (Å²) in [5, 5.41) is 11.8. The number of nitrogens with one attached hydrogen (secondary N) is 1. The number of amides is 2. The molecule has 0 aromatic rings. The first-order valence-electron chi connectivity index (χ1n) is 5.78. The molecule has 3 atom stereocenters. The SMILES string of the molecule is CC(=O)N1CC(=O)NC2CC(C(=O)O)CCC21. The molecule has 0 bridgehead atoms. The van der Waals surface area contributed by atoms with Crippen LogP contribution in [0.25, 0.3) is 0 Å². The van der Waals surface area contributed by atoms with Crippen LogP contribution in [0.3, 0.4) is 0 Å². The van der Waals surface area contributed by atoms with E-state index in [4.69, 9.17) is 5.11 Å². The van der Waals surface area contributed by atoms with Gasteiger partial charge in [-0.1, -0.05) is 0 Å². The number of carbonyl (C=O) groups is 3. The highest BCUT2D eigenvalue weighted by Gasteiger charge is 2.41. The van der Waals surface area contributed by atoms with E-state index >= 15 is 0 Å². The number of nitrogens with zero attached hydrogens (tertiary/aromatic N) is 1. The monoisotopic (exact) mass is 240 g/mol. The van der Waals surface area contributed by atoms with Crippen molar-refractivity contribution in [3.05, 3.63) is 0 Å². The van der Waals surface area contributed by atoms with E-state index in [1.54, 1.807) is 4.90 Å². The Morgan fingerprint density at radius 3 is 2.71 bits per heavy atom. The molecule has 6 nitrogen and oxygen atoms in total. The van der Waals surface area contributed by atoms with Crippen molar-refractivity contribution in [3.8, 4) is 0 Å². The van der Waals surface area contributed by atoms with Gasteiger partial charge in [0.2, 0.25) is 11.8 Å². The Morgan fingerprint density at radius 2 is 2.12 bits per heavy atom. The smallest absolute Gasteiger partial charge is 0.306 e. The molecule has 17 heavy (non-hydrogen) atoms. The van der Waals surface area contributed by atoms with Crippen LogP contribution in [-0.2, 0) is 14.4 Å². The van der Waals surface area contributed by atoms with Crippen LogP contribution in [0.4, 0.5) is 0 Å². The molecule has 2 rings (SSSR count). The van der Waals surface area contributed by atoms with Gasteiger partial charge in [0.05, 0.1) is 24.5 Å². The van der Waals surface area contributed by atoms with Crippen molar-refractivity contribution in [1.29, 1.82) is 0 Å². The van der Waals surface area contributed by atoms with Crippen LogP contribution in [-0.4, -0.2) is 46.4 Å². The molecule has 1 aliphatic heterocycles. The summed E-state index contributed by atoms with van der Waals surface area (Å²) >= 11 is 0. The van der Waals surface area contributed by atoms with E-state index in [2.05, 4.69) is 5.32 Å². The Hall–Kier alpha value is -1.59. The molecule has 2 aliphatic rings. The van der Waals surface area contributed by atoms with Crippen molar-refractivity contribution >= 4 is 17.8 Å². The zero-order valence-electron chi connectivity index (χ0n) is 9.68. The number of fused-ring (bicyclic) bond motifs is 1. The Bertz CT molecular complexity index is 368. The molecule has 0 spiro atoms. The molecule has 1 aliphatic carbocycles. The Kier molecular flexibility index (Phi) is 3.04. The molecule has 0 aromatic heterocycles. The summed E-state index contributed by atoms with van der Waals surface area (Å²) in [4.78, 5) is 35.4. The second kappa shape index (κ2) is 4.35. The Morgan fingerprint density at radius 1 is 1.41 bits per heavy atom. The van der Waals surface area contributed by atoms with E-state index in [-0.39, 0.29) is 30.4 Å². The lowest BCUT2D eigenvalue weighted by molar-refractivity contribution is -0.148. The maximum atomic E-state index is 11.5. The fraction of sp³-hybridized carbons (Fsp3) is 0.727. The number of hydrogen-bond donors (Lipinski definition) is 2. The molecule has 94 valence electrons. The molecule has 1 saturated carbocycles. The molecular weight excluding hydrogens is 224 g/mol. The normalized spacial score (nSPS) is 32.6. The fourth-order valence-electron chi connectivity index (χ4n) is 2.78. The summed E-state index contributed by atoms with van der Waals surface area (Å²) in [5.41, 5.74) is 0. The third-order valence-corrected chi connectivity index (χ3v) is 3.63. The summed E-state index contributed by atoms with van der Waals surface area (Å²) in [6, 6.07) is -0.254.